The van der Waals surface area contributed by atoms with E-state index in [-0.39, 0.29) is 12.9 Å². The number of fused-ring (bicyclic) bond motifs is 1. The lowest BCUT2D eigenvalue weighted by Gasteiger charge is -2.08. The summed E-state index contributed by atoms with van der Waals surface area (Å²) in [6, 6.07) is 10.2. The largest absolute Gasteiger partial charge is 0.454 e. The fourth-order valence-electron chi connectivity index (χ4n) is 3.18. The molecule has 0 saturated carbocycles. The highest BCUT2D eigenvalue weighted by Crippen LogP contribution is 2.38. The Hall–Kier alpha value is -2.31. The summed E-state index contributed by atoms with van der Waals surface area (Å²) in [5, 5.41) is 0. The van der Waals surface area contributed by atoms with E-state index in [4.69, 9.17) is 14.2 Å². The number of benzene rings is 1. The standard InChI is InChI=1S/C18H16N2O3S/c1-2-14(21-9-1)16-5-6-17(24-16)18-19-7-8-20(18)12-3-4-13-15(10-12)23-11-22-13/h3-8,10,14H,1-2,9,11H2. The Morgan fingerprint density at radius 1 is 1.12 bits per heavy atom. The maximum atomic E-state index is 5.79. The lowest BCUT2D eigenvalue weighted by atomic mass is 10.2. The van der Waals surface area contributed by atoms with Crippen molar-refractivity contribution in [2.75, 3.05) is 13.4 Å². The first-order valence-electron chi connectivity index (χ1n) is 8.03. The van der Waals surface area contributed by atoms with E-state index in [2.05, 4.69) is 21.7 Å². The zero-order valence-electron chi connectivity index (χ0n) is 13.0. The van der Waals surface area contributed by atoms with Gasteiger partial charge in [0.15, 0.2) is 17.3 Å². The highest BCUT2D eigenvalue weighted by Gasteiger charge is 2.21. The second-order valence-corrected chi connectivity index (χ2v) is 6.98. The predicted octanol–water partition coefficient (Wildman–Crippen LogP) is 4.18. The molecule has 24 heavy (non-hydrogen) atoms. The Morgan fingerprint density at radius 2 is 2.08 bits per heavy atom. The molecule has 6 heteroatoms. The van der Waals surface area contributed by atoms with E-state index in [0.29, 0.717) is 0 Å². The maximum Gasteiger partial charge on any atom is 0.231 e. The zero-order valence-corrected chi connectivity index (χ0v) is 13.8. The topological polar surface area (TPSA) is 45.5 Å². The van der Waals surface area contributed by atoms with Crippen LogP contribution in [0.2, 0.25) is 0 Å². The van der Waals surface area contributed by atoms with Gasteiger partial charge in [-0.05, 0) is 37.1 Å². The van der Waals surface area contributed by atoms with Crippen LogP contribution in [0.5, 0.6) is 11.5 Å². The molecular formula is C18H16N2O3S. The molecule has 122 valence electrons. The van der Waals surface area contributed by atoms with Crippen LogP contribution in [0.1, 0.15) is 23.8 Å². The maximum absolute atomic E-state index is 5.79. The summed E-state index contributed by atoms with van der Waals surface area (Å²) in [4.78, 5) is 6.98. The van der Waals surface area contributed by atoms with Crippen molar-refractivity contribution in [3.05, 3.63) is 47.6 Å². The summed E-state index contributed by atoms with van der Waals surface area (Å²) in [6.45, 7) is 1.15. The molecule has 5 nitrogen and oxygen atoms in total. The van der Waals surface area contributed by atoms with Gasteiger partial charge in [-0.2, -0.15) is 0 Å². The Labute approximate surface area is 143 Å². The van der Waals surface area contributed by atoms with Crippen LogP contribution in [0.25, 0.3) is 16.4 Å². The van der Waals surface area contributed by atoms with Gasteiger partial charge in [-0.15, -0.1) is 11.3 Å². The quantitative estimate of drug-likeness (QED) is 0.717. The summed E-state index contributed by atoms with van der Waals surface area (Å²) in [7, 11) is 0. The van der Waals surface area contributed by atoms with Gasteiger partial charge in [-0.1, -0.05) is 0 Å². The smallest absolute Gasteiger partial charge is 0.231 e. The Morgan fingerprint density at radius 3 is 3.00 bits per heavy atom. The number of hydrogen-bond donors (Lipinski definition) is 0. The van der Waals surface area contributed by atoms with Gasteiger partial charge in [0, 0.05) is 29.9 Å². The number of hydrogen-bond acceptors (Lipinski definition) is 5. The van der Waals surface area contributed by atoms with Gasteiger partial charge in [0.05, 0.1) is 16.7 Å². The van der Waals surface area contributed by atoms with Crippen molar-refractivity contribution in [3.63, 3.8) is 0 Å². The Kier molecular flexibility index (Phi) is 3.31. The first-order chi connectivity index (χ1) is 11.9. The predicted molar refractivity (Wildman–Crippen MR) is 90.9 cm³/mol. The van der Waals surface area contributed by atoms with E-state index >= 15 is 0 Å². The number of nitrogens with zero attached hydrogens (tertiary/aromatic N) is 2. The minimum atomic E-state index is 0.248. The van der Waals surface area contributed by atoms with Gasteiger partial charge in [0.1, 0.15) is 0 Å². The van der Waals surface area contributed by atoms with E-state index in [0.717, 1.165) is 47.3 Å². The van der Waals surface area contributed by atoms with Crippen molar-refractivity contribution in [1.29, 1.82) is 0 Å². The highest BCUT2D eigenvalue weighted by molar-refractivity contribution is 7.15. The molecule has 0 amide bonds. The number of thiophene rings is 1. The minimum Gasteiger partial charge on any atom is -0.454 e. The molecular weight excluding hydrogens is 324 g/mol. The van der Waals surface area contributed by atoms with Crippen LogP contribution in [0.15, 0.2) is 42.7 Å². The first-order valence-corrected chi connectivity index (χ1v) is 8.85. The molecule has 0 aliphatic carbocycles. The van der Waals surface area contributed by atoms with Crippen LogP contribution < -0.4 is 9.47 Å². The lowest BCUT2D eigenvalue weighted by Crippen LogP contribution is -1.95. The van der Waals surface area contributed by atoms with Crippen molar-refractivity contribution in [3.8, 4) is 27.9 Å². The van der Waals surface area contributed by atoms with Crippen molar-refractivity contribution in [2.24, 2.45) is 0 Å². The van der Waals surface area contributed by atoms with Crippen molar-refractivity contribution in [2.45, 2.75) is 18.9 Å². The SMILES string of the molecule is c1cn(-c2ccc3c(c2)OCO3)c(-c2ccc(C3CCCO3)s2)n1. The van der Waals surface area contributed by atoms with Crippen LogP contribution in [0, 0.1) is 0 Å². The molecule has 2 aliphatic heterocycles. The normalized spacial score (nSPS) is 19.1. The van der Waals surface area contributed by atoms with E-state index in [1.807, 2.05) is 30.6 Å². The van der Waals surface area contributed by atoms with Gasteiger partial charge >= 0.3 is 0 Å². The van der Waals surface area contributed by atoms with Gasteiger partial charge in [-0.3, -0.25) is 4.57 Å². The average molecular weight is 340 g/mol. The van der Waals surface area contributed by atoms with E-state index in [1.165, 1.54) is 4.88 Å². The monoisotopic (exact) mass is 340 g/mol. The number of ether oxygens (including phenoxy) is 3. The zero-order chi connectivity index (χ0) is 15.9. The third-order valence-corrected chi connectivity index (χ3v) is 5.54. The summed E-state index contributed by atoms with van der Waals surface area (Å²) in [6.07, 6.45) is 6.29. The molecule has 1 fully saturated rings. The molecule has 1 aromatic carbocycles. The fourth-order valence-corrected chi connectivity index (χ4v) is 4.26. The molecule has 4 heterocycles. The molecule has 1 atom stereocenters. The van der Waals surface area contributed by atoms with Crippen LogP contribution in [0.3, 0.4) is 0 Å². The van der Waals surface area contributed by atoms with Crippen LogP contribution in [-0.4, -0.2) is 23.0 Å². The number of aromatic nitrogens is 2. The van der Waals surface area contributed by atoms with E-state index in [9.17, 15) is 0 Å². The molecule has 5 rings (SSSR count). The minimum absolute atomic E-state index is 0.248. The third kappa shape index (κ3) is 2.30. The van der Waals surface area contributed by atoms with Crippen molar-refractivity contribution in [1.82, 2.24) is 9.55 Å². The van der Waals surface area contributed by atoms with Crippen molar-refractivity contribution < 1.29 is 14.2 Å². The molecule has 1 unspecified atom stereocenters. The van der Waals surface area contributed by atoms with Crippen molar-refractivity contribution >= 4 is 11.3 Å². The number of imidazole rings is 1. The van der Waals surface area contributed by atoms with Gasteiger partial charge < -0.3 is 14.2 Å². The van der Waals surface area contributed by atoms with Crippen LogP contribution >= 0.6 is 11.3 Å². The van der Waals surface area contributed by atoms with E-state index in [1.54, 1.807) is 11.3 Å². The van der Waals surface area contributed by atoms with Crippen LogP contribution in [0.4, 0.5) is 0 Å². The third-order valence-electron chi connectivity index (χ3n) is 4.37. The summed E-state index contributed by atoms with van der Waals surface area (Å²) in [5.74, 6) is 2.50. The molecule has 3 aromatic rings. The van der Waals surface area contributed by atoms with Gasteiger partial charge in [0.2, 0.25) is 6.79 Å². The highest BCUT2D eigenvalue weighted by atomic mass is 32.1. The summed E-state index contributed by atoms with van der Waals surface area (Å²) >= 11 is 1.76. The lowest BCUT2D eigenvalue weighted by molar-refractivity contribution is 0.114. The summed E-state index contributed by atoms with van der Waals surface area (Å²) < 4.78 is 18.7. The molecule has 0 N–H and O–H groups in total. The van der Waals surface area contributed by atoms with Gasteiger partial charge in [-0.25, -0.2) is 4.98 Å². The second-order valence-electron chi connectivity index (χ2n) is 5.86. The average Bonchev–Trinajstić information content (AvgIpc) is 3.41. The Balaban J connectivity index is 1.51. The second kappa shape index (κ2) is 5.65. The van der Waals surface area contributed by atoms with E-state index < -0.39 is 0 Å². The Bertz CT molecular complexity index is 880. The van der Waals surface area contributed by atoms with Crippen LogP contribution in [-0.2, 0) is 4.74 Å². The molecule has 0 spiro atoms. The first kappa shape index (κ1) is 14.1. The molecule has 0 bridgehead atoms. The fraction of sp³-hybridized carbons (Fsp3) is 0.278. The van der Waals surface area contributed by atoms with Gasteiger partial charge in [0.25, 0.3) is 0 Å². The molecule has 0 radical (unpaired) electrons. The number of rotatable bonds is 3. The molecule has 2 aliphatic rings. The molecule has 1 saturated heterocycles. The molecule has 2 aromatic heterocycles. The summed E-state index contributed by atoms with van der Waals surface area (Å²) in [5.41, 5.74) is 1.01.